The Morgan fingerprint density at radius 1 is 1.09 bits per heavy atom. The summed E-state index contributed by atoms with van der Waals surface area (Å²) in [4.78, 5) is 37.2. The van der Waals surface area contributed by atoms with Gasteiger partial charge in [-0.15, -0.1) is 0 Å². The fourth-order valence-corrected chi connectivity index (χ4v) is 4.86. The molecular weight excluding hydrogens is 452 g/mol. The number of alkyl halides is 1. The van der Waals surface area contributed by atoms with Crippen molar-refractivity contribution in [3.05, 3.63) is 74.7 Å². The summed E-state index contributed by atoms with van der Waals surface area (Å²) in [6, 6.07) is 6.64. The van der Waals surface area contributed by atoms with Crippen molar-refractivity contribution in [1.29, 1.82) is 0 Å². The summed E-state index contributed by atoms with van der Waals surface area (Å²) in [5.74, 6) is -0.735. The van der Waals surface area contributed by atoms with Crippen LogP contribution in [0.4, 0.5) is 8.78 Å². The Morgan fingerprint density at radius 2 is 1.83 bits per heavy atom. The van der Waals surface area contributed by atoms with E-state index in [1.807, 2.05) is 11.0 Å². The van der Waals surface area contributed by atoms with Crippen LogP contribution in [0.25, 0.3) is 16.6 Å². The number of H-pyrrole nitrogens is 1. The number of fused-ring (bicyclic) bond motifs is 1. The fraction of sp³-hybridized carbons (Fsp3) is 0.385. The number of halogens is 2. The van der Waals surface area contributed by atoms with Gasteiger partial charge in [-0.05, 0) is 43.4 Å². The van der Waals surface area contributed by atoms with Gasteiger partial charge in [-0.1, -0.05) is 18.2 Å². The van der Waals surface area contributed by atoms with Crippen LogP contribution in [0.15, 0.2) is 35.1 Å². The van der Waals surface area contributed by atoms with Gasteiger partial charge in [0, 0.05) is 42.6 Å². The second-order valence-electron chi connectivity index (χ2n) is 9.75. The third-order valence-electron chi connectivity index (χ3n) is 7.05. The molecule has 3 heterocycles. The second kappa shape index (κ2) is 8.34. The van der Waals surface area contributed by atoms with Crippen LogP contribution in [0.2, 0.25) is 0 Å². The lowest BCUT2D eigenvalue weighted by Gasteiger charge is -2.30. The van der Waals surface area contributed by atoms with Crippen LogP contribution in [-0.2, 0) is 6.54 Å². The molecule has 1 aromatic carbocycles. The van der Waals surface area contributed by atoms with Crippen molar-refractivity contribution in [2.24, 2.45) is 5.73 Å². The number of aromatic amines is 1. The molecule has 3 aliphatic rings. The molecule has 3 N–H and O–H groups in total. The lowest BCUT2D eigenvalue weighted by atomic mass is 9.94. The van der Waals surface area contributed by atoms with Crippen molar-refractivity contribution in [2.75, 3.05) is 13.1 Å². The number of benzene rings is 1. The number of aromatic nitrogens is 3. The van der Waals surface area contributed by atoms with Crippen LogP contribution in [0.5, 0.6) is 0 Å². The van der Waals surface area contributed by atoms with Gasteiger partial charge in [0.15, 0.2) is 5.82 Å². The van der Waals surface area contributed by atoms with E-state index in [1.54, 1.807) is 18.2 Å². The largest absolute Gasteiger partial charge is 0.364 e. The topological polar surface area (TPSA) is 105 Å². The normalized spacial score (nSPS) is 20.7. The summed E-state index contributed by atoms with van der Waals surface area (Å²) >= 11 is 0. The first kappa shape index (κ1) is 22.0. The third kappa shape index (κ3) is 4.14. The predicted octanol–water partition coefficient (Wildman–Crippen LogP) is 3.55. The minimum Gasteiger partial charge on any atom is -0.364 e. The highest BCUT2D eigenvalue weighted by molar-refractivity contribution is 5.91. The number of nitrogens with one attached hydrogen (secondary N) is 1. The summed E-state index contributed by atoms with van der Waals surface area (Å²) in [7, 11) is 0. The molecule has 1 atom stereocenters. The van der Waals surface area contributed by atoms with E-state index in [9.17, 15) is 9.59 Å². The molecular formula is C26H25F2N5O2. The maximum Gasteiger partial charge on any atom is 0.270 e. The number of amides is 1. The van der Waals surface area contributed by atoms with Crippen LogP contribution in [0.3, 0.4) is 0 Å². The highest BCUT2D eigenvalue weighted by atomic mass is 19.1. The van der Waals surface area contributed by atoms with Gasteiger partial charge in [-0.2, -0.15) is 0 Å². The van der Waals surface area contributed by atoms with Crippen LogP contribution in [0, 0.1) is 5.82 Å². The zero-order chi connectivity index (χ0) is 24.3. The Hall–Kier alpha value is -3.46. The van der Waals surface area contributed by atoms with Gasteiger partial charge in [0.05, 0.1) is 11.2 Å². The highest BCUT2D eigenvalue weighted by Gasteiger charge is 2.33. The van der Waals surface area contributed by atoms with E-state index in [0.29, 0.717) is 28.9 Å². The first-order valence-corrected chi connectivity index (χ1v) is 12.0. The number of hydrogen-bond acceptors (Lipinski definition) is 5. The molecule has 7 nitrogen and oxygen atoms in total. The Labute approximate surface area is 200 Å². The molecule has 2 aromatic heterocycles. The summed E-state index contributed by atoms with van der Waals surface area (Å²) in [5, 5.41) is 0. The van der Waals surface area contributed by atoms with Crippen molar-refractivity contribution in [3.63, 3.8) is 0 Å². The molecule has 2 fully saturated rings. The number of carbonyl (C=O) groups excluding carboxylic acids is 1. The molecule has 6 rings (SSSR count). The standard InChI is InChI=1S/C26H25F2N5O2/c27-18-12-33(10-9-16(18)17-6-8-20(25(29)34)31-22(17)13-1-2-13)11-15-5-7-19-24(21(15)28)32-26(35)23(30-19)14-3-4-14/h5-9,13-14,18H,1-4,10-12H2,(H2,29,34)(H,32,35). The summed E-state index contributed by atoms with van der Waals surface area (Å²) < 4.78 is 30.6. The van der Waals surface area contributed by atoms with Crippen LogP contribution in [-0.4, -0.2) is 45.0 Å². The highest BCUT2D eigenvalue weighted by Crippen LogP contribution is 2.43. The molecule has 35 heavy (non-hydrogen) atoms. The van der Waals surface area contributed by atoms with Gasteiger partial charge in [0.2, 0.25) is 0 Å². The maximum absolute atomic E-state index is 15.4. The molecule has 2 aliphatic carbocycles. The Bertz CT molecular complexity index is 1440. The molecule has 180 valence electrons. The summed E-state index contributed by atoms with van der Waals surface area (Å²) in [6.45, 7) is 0.734. The molecule has 0 spiro atoms. The number of primary amides is 1. The maximum atomic E-state index is 15.4. The second-order valence-corrected chi connectivity index (χ2v) is 9.75. The molecule has 3 aromatic rings. The van der Waals surface area contributed by atoms with E-state index < -0.39 is 17.9 Å². The Kier molecular flexibility index (Phi) is 5.25. The van der Waals surface area contributed by atoms with E-state index in [1.165, 1.54) is 6.07 Å². The zero-order valence-electron chi connectivity index (χ0n) is 19.1. The summed E-state index contributed by atoms with van der Waals surface area (Å²) in [5.41, 5.74) is 8.60. The Morgan fingerprint density at radius 3 is 2.51 bits per heavy atom. The van der Waals surface area contributed by atoms with E-state index in [-0.39, 0.29) is 41.7 Å². The smallest absolute Gasteiger partial charge is 0.270 e. The first-order valence-electron chi connectivity index (χ1n) is 12.0. The minimum absolute atomic E-state index is 0.0941. The minimum atomic E-state index is -1.28. The monoisotopic (exact) mass is 477 g/mol. The summed E-state index contributed by atoms with van der Waals surface area (Å²) in [6.07, 6.45) is 4.31. The quantitative estimate of drug-likeness (QED) is 0.565. The van der Waals surface area contributed by atoms with E-state index in [4.69, 9.17) is 5.73 Å². The number of carbonyl (C=O) groups is 1. The number of hydrogen-bond donors (Lipinski definition) is 2. The molecule has 2 saturated carbocycles. The number of rotatable bonds is 6. The number of pyridine rings is 1. The molecule has 1 aliphatic heterocycles. The molecule has 0 radical (unpaired) electrons. The van der Waals surface area contributed by atoms with Gasteiger partial charge in [-0.3, -0.25) is 14.5 Å². The average Bonchev–Trinajstić information content (AvgIpc) is 3.75. The van der Waals surface area contributed by atoms with Gasteiger partial charge in [0.1, 0.15) is 23.1 Å². The lowest BCUT2D eigenvalue weighted by Crippen LogP contribution is -2.35. The molecule has 9 heteroatoms. The third-order valence-corrected chi connectivity index (χ3v) is 7.05. The van der Waals surface area contributed by atoms with E-state index >= 15 is 8.78 Å². The van der Waals surface area contributed by atoms with Gasteiger partial charge in [0.25, 0.3) is 11.5 Å². The predicted molar refractivity (Wildman–Crippen MR) is 127 cm³/mol. The molecule has 0 bridgehead atoms. The van der Waals surface area contributed by atoms with E-state index in [2.05, 4.69) is 15.0 Å². The van der Waals surface area contributed by atoms with Crippen molar-refractivity contribution >= 4 is 22.5 Å². The van der Waals surface area contributed by atoms with Crippen molar-refractivity contribution in [1.82, 2.24) is 19.9 Å². The van der Waals surface area contributed by atoms with Crippen LogP contribution in [0.1, 0.15) is 70.5 Å². The molecule has 0 saturated heterocycles. The van der Waals surface area contributed by atoms with Crippen molar-refractivity contribution in [2.45, 2.75) is 50.2 Å². The zero-order valence-corrected chi connectivity index (χ0v) is 19.1. The molecule has 1 amide bonds. The number of nitrogens with two attached hydrogens (primary N) is 1. The number of nitrogens with zero attached hydrogens (tertiary/aromatic N) is 3. The first-order chi connectivity index (χ1) is 16.9. The van der Waals surface area contributed by atoms with Gasteiger partial charge in [-0.25, -0.2) is 18.7 Å². The Balaban J connectivity index is 1.25. The SMILES string of the molecule is NC(=O)c1ccc(C2=CCN(Cc3ccc4nc(C5CC5)c(=O)[nH]c4c3F)CC2F)c(C2CC2)n1. The van der Waals surface area contributed by atoms with Crippen LogP contribution >= 0.6 is 0 Å². The molecule has 1 unspecified atom stereocenters. The van der Waals surface area contributed by atoms with Crippen molar-refractivity contribution < 1.29 is 13.6 Å². The van der Waals surface area contributed by atoms with E-state index in [0.717, 1.165) is 36.9 Å². The van der Waals surface area contributed by atoms with Crippen LogP contribution < -0.4 is 11.3 Å². The van der Waals surface area contributed by atoms with Crippen molar-refractivity contribution in [3.8, 4) is 0 Å². The van der Waals surface area contributed by atoms with Gasteiger partial charge < -0.3 is 10.7 Å². The lowest BCUT2D eigenvalue weighted by molar-refractivity contribution is 0.0995. The van der Waals surface area contributed by atoms with Gasteiger partial charge >= 0.3 is 0 Å². The fourth-order valence-electron chi connectivity index (χ4n) is 4.86. The average molecular weight is 478 g/mol.